The van der Waals surface area contributed by atoms with E-state index in [-0.39, 0.29) is 5.60 Å². The molecule has 4 rings (SSSR count). The van der Waals surface area contributed by atoms with E-state index in [1.807, 2.05) is 12.4 Å². The molecule has 0 N–H and O–H groups in total. The highest BCUT2D eigenvalue weighted by molar-refractivity contribution is 5.10. The molecular weight excluding hydrogens is 326 g/mol. The Kier molecular flexibility index (Phi) is 5.89. The number of pyridine rings is 1. The van der Waals surface area contributed by atoms with E-state index < -0.39 is 0 Å². The summed E-state index contributed by atoms with van der Waals surface area (Å²) >= 11 is 0. The van der Waals surface area contributed by atoms with Gasteiger partial charge < -0.3 is 14.4 Å². The van der Waals surface area contributed by atoms with Crippen LogP contribution in [0.3, 0.4) is 0 Å². The summed E-state index contributed by atoms with van der Waals surface area (Å²) in [5.41, 5.74) is 1.46. The van der Waals surface area contributed by atoms with Gasteiger partial charge in [-0.2, -0.15) is 0 Å². The highest BCUT2D eigenvalue weighted by atomic mass is 16.5. The molecule has 4 heterocycles. The molecule has 1 aromatic rings. The van der Waals surface area contributed by atoms with Crippen LogP contribution in [0.1, 0.15) is 37.7 Å². The largest absolute Gasteiger partial charge is 0.381 e. The van der Waals surface area contributed by atoms with Crippen molar-refractivity contribution < 1.29 is 9.47 Å². The summed E-state index contributed by atoms with van der Waals surface area (Å²) in [7, 11) is 2.23. The third kappa shape index (κ3) is 4.45. The van der Waals surface area contributed by atoms with Crippen molar-refractivity contribution in [1.82, 2.24) is 14.8 Å². The predicted octanol–water partition coefficient (Wildman–Crippen LogP) is 2.56. The Labute approximate surface area is 157 Å². The molecule has 0 aromatic carbocycles. The number of likely N-dealkylation sites (N-methyl/N-ethyl adjacent to an activating group) is 1. The number of hydrogen-bond acceptors (Lipinski definition) is 5. The Bertz CT molecular complexity index is 554. The van der Waals surface area contributed by atoms with Gasteiger partial charge in [-0.3, -0.25) is 9.88 Å². The van der Waals surface area contributed by atoms with Crippen molar-refractivity contribution in [1.29, 1.82) is 0 Å². The smallest absolute Gasteiger partial charge is 0.0723 e. The number of ether oxygens (including phenoxy) is 2. The van der Waals surface area contributed by atoms with Crippen LogP contribution in [0.2, 0.25) is 0 Å². The second-order valence-electron chi connectivity index (χ2n) is 8.48. The van der Waals surface area contributed by atoms with Crippen LogP contribution < -0.4 is 0 Å². The second kappa shape index (κ2) is 8.34. The van der Waals surface area contributed by atoms with Gasteiger partial charge in [-0.25, -0.2) is 0 Å². The Balaban J connectivity index is 1.24. The highest BCUT2D eigenvalue weighted by Crippen LogP contribution is 2.38. The van der Waals surface area contributed by atoms with E-state index in [2.05, 4.69) is 34.0 Å². The zero-order chi connectivity index (χ0) is 17.8. The topological polar surface area (TPSA) is 37.8 Å². The second-order valence-corrected chi connectivity index (χ2v) is 8.48. The Hall–Kier alpha value is -1.01. The zero-order valence-electron chi connectivity index (χ0n) is 16.1. The van der Waals surface area contributed by atoms with Gasteiger partial charge >= 0.3 is 0 Å². The fourth-order valence-corrected chi connectivity index (χ4v) is 4.79. The van der Waals surface area contributed by atoms with Gasteiger partial charge in [-0.05, 0) is 62.8 Å². The molecular formula is C21H33N3O2. The molecule has 3 aliphatic rings. The van der Waals surface area contributed by atoms with Gasteiger partial charge in [-0.1, -0.05) is 0 Å². The average Bonchev–Trinajstić information content (AvgIpc) is 3.10. The minimum Gasteiger partial charge on any atom is -0.381 e. The number of nitrogens with zero attached hydrogens (tertiary/aromatic N) is 3. The maximum Gasteiger partial charge on any atom is 0.0723 e. The van der Waals surface area contributed by atoms with Crippen molar-refractivity contribution in [3.8, 4) is 0 Å². The predicted molar refractivity (Wildman–Crippen MR) is 102 cm³/mol. The van der Waals surface area contributed by atoms with Crippen LogP contribution in [0.5, 0.6) is 0 Å². The summed E-state index contributed by atoms with van der Waals surface area (Å²) in [5.74, 6) is 0.835. The molecule has 5 nitrogen and oxygen atoms in total. The van der Waals surface area contributed by atoms with Gasteiger partial charge in [0.15, 0.2) is 0 Å². The molecule has 0 saturated carbocycles. The molecule has 0 radical (unpaired) electrons. The van der Waals surface area contributed by atoms with Gasteiger partial charge in [0.2, 0.25) is 0 Å². The molecule has 3 aliphatic heterocycles. The van der Waals surface area contributed by atoms with Crippen LogP contribution >= 0.6 is 0 Å². The summed E-state index contributed by atoms with van der Waals surface area (Å²) in [4.78, 5) is 9.23. The highest BCUT2D eigenvalue weighted by Gasteiger charge is 2.43. The monoisotopic (exact) mass is 359 g/mol. The molecule has 144 valence electrons. The first-order valence-corrected chi connectivity index (χ1v) is 10.3. The van der Waals surface area contributed by atoms with Gasteiger partial charge in [-0.15, -0.1) is 0 Å². The maximum atomic E-state index is 6.39. The average molecular weight is 360 g/mol. The molecule has 1 atom stereocenters. The standard InChI is InChI=1S/C21H33N3O2/c1-23(15-18-2-8-22-9-3-18)20-14-21(26-17-20)6-10-24(11-7-21)16-19-4-12-25-13-5-19/h2-3,8-9,19-20H,4-7,10-17H2,1H3/t20-/m1/s1. The molecule has 0 aliphatic carbocycles. The first-order chi connectivity index (χ1) is 12.7. The summed E-state index contributed by atoms with van der Waals surface area (Å²) in [5, 5.41) is 0. The molecule has 26 heavy (non-hydrogen) atoms. The van der Waals surface area contributed by atoms with Gasteiger partial charge in [0, 0.05) is 57.8 Å². The Morgan fingerprint density at radius 2 is 1.92 bits per heavy atom. The zero-order valence-corrected chi connectivity index (χ0v) is 16.1. The number of likely N-dealkylation sites (tertiary alicyclic amines) is 1. The van der Waals surface area contributed by atoms with Gasteiger partial charge in [0.25, 0.3) is 0 Å². The molecule has 3 fully saturated rings. The van der Waals surface area contributed by atoms with E-state index in [4.69, 9.17) is 9.47 Å². The first-order valence-electron chi connectivity index (χ1n) is 10.3. The number of rotatable bonds is 5. The van der Waals surface area contributed by atoms with Crippen LogP contribution in [0.15, 0.2) is 24.5 Å². The lowest BCUT2D eigenvalue weighted by molar-refractivity contribution is -0.0490. The van der Waals surface area contributed by atoms with Gasteiger partial charge in [0.05, 0.1) is 12.2 Å². The third-order valence-corrected chi connectivity index (χ3v) is 6.62. The molecule has 0 bridgehead atoms. The van der Waals surface area contributed by atoms with E-state index >= 15 is 0 Å². The number of piperidine rings is 1. The van der Waals surface area contributed by atoms with Crippen molar-refractivity contribution in [2.24, 2.45) is 5.92 Å². The lowest BCUT2D eigenvalue weighted by Crippen LogP contribution is -2.46. The van der Waals surface area contributed by atoms with Crippen LogP contribution in [0.25, 0.3) is 0 Å². The van der Waals surface area contributed by atoms with Crippen LogP contribution in [0.4, 0.5) is 0 Å². The fraction of sp³-hybridized carbons (Fsp3) is 0.762. The fourth-order valence-electron chi connectivity index (χ4n) is 4.79. The summed E-state index contributed by atoms with van der Waals surface area (Å²) < 4.78 is 11.9. The van der Waals surface area contributed by atoms with E-state index in [1.165, 1.54) is 57.3 Å². The minimum atomic E-state index is 0.128. The molecule has 1 aromatic heterocycles. The van der Waals surface area contributed by atoms with Crippen molar-refractivity contribution in [3.63, 3.8) is 0 Å². The summed E-state index contributed by atoms with van der Waals surface area (Å²) in [6.45, 7) is 7.40. The third-order valence-electron chi connectivity index (χ3n) is 6.62. The first kappa shape index (κ1) is 18.4. The van der Waals surface area contributed by atoms with Crippen LogP contribution in [0, 0.1) is 5.92 Å². The van der Waals surface area contributed by atoms with Crippen molar-refractivity contribution in [2.75, 3.05) is 46.5 Å². The lowest BCUT2D eigenvalue weighted by Gasteiger charge is -2.40. The molecule has 5 heteroatoms. The summed E-state index contributed by atoms with van der Waals surface area (Å²) in [6, 6.07) is 4.75. The normalized spacial score (nSPS) is 27.4. The molecule has 0 unspecified atom stereocenters. The lowest BCUT2D eigenvalue weighted by atomic mass is 9.86. The summed E-state index contributed by atoms with van der Waals surface area (Å²) in [6.07, 6.45) is 9.79. The van der Waals surface area contributed by atoms with E-state index in [0.29, 0.717) is 6.04 Å². The van der Waals surface area contributed by atoms with E-state index in [1.54, 1.807) is 0 Å². The molecule has 0 amide bonds. The minimum absolute atomic E-state index is 0.128. The maximum absolute atomic E-state index is 6.39. The molecule has 3 saturated heterocycles. The number of aromatic nitrogens is 1. The molecule has 1 spiro atoms. The van der Waals surface area contributed by atoms with E-state index in [9.17, 15) is 0 Å². The Morgan fingerprint density at radius 1 is 1.19 bits per heavy atom. The van der Waals surface area contributed by atoms with Crippen LogP contribution in [-0.4, -0.2) is 72.9 Å². The van der Waals surface area contributed by atoms with Gasteiger partial charge in [0.1, 0.15) is 0 Å². The van der Waals surface area contributed by atoms with Crippen LogP contribution in [-0.2, 0) is 16.0 Å². The SMILES string of the molecule is CN(Cc1ccncc1)[C@H]1COC2(CCN(CC3CCOCC3)CC2)C1. The van der Waals surface area contributed by atoms with Crippen molar-refractivity contribution in [2.45, 2.75) is 50.3 Å². The Morgan fingerprint density at radius 3 is 2.65 bits per heavy atom. The van der Waals surface area contributed by atoms with Crippen molar-refractivity contribution >= 4 is 0 Å². The van der Waals surface area contributed by atoms with E-state index in [0.717, 1.165) is 32.3 Å². The quantitative estimate of drug-likeness (QED) is 0.808. The van der Waals surface area contributed by atoms with Crippen molar-refractivity contribution in [3.05, 3.63) is 30.1 Å². The number of hydrogen-bond donors (Lipinski definition) is 0.